The zero-order valence-corrected chi connectivity index (χ0v) is 12.8. The van der Waals surface area contributed by atoms with Gasteiger partial charge in [0, 0.05) is 11.1 Å². The minimum Gasteiger partial charge on any atom is -0.493 e. The zero-order valence-electron chi connectivity index (χ0n) is 11.2. The van der Waals surface area contributed by atoms with Crippen molar-refractivity contribution >= 4 is 21.7 Å². The van der Waals surface area contributed by atoms with Gasteiger partial charge in [-0.2, -0.15) is 0 Å². The van der Waals surface area contributed by atoms with E-state index in [-0.39, 0.29) is 11.6 Å². The number of ketones is 1. The third kappa shape index (κ3) is 3.07. The highest BCUT2D eigenvalue weighted by Crippen LogP contribution is 2.27. The van der Waals surface area contributed by atoms with Gasteiger partial charge in [-0.25, -0.2) is 4.39 Å². The van der Waals surface area contributed by atoms with Gasteiger partial charge in [0.15, 0.2) is 5.78 Å². The highest BCUT2D eigenvalue weighted by Gasteiger charge is 2.14. The zero-order chi connectivity index (χ0) is 14.7. The summed E-state index contributed by atoms with van der Waals surface area (Å²) >= 11 is 3.38. The van der Waals surface area contributed by atoms with Crippen LogP contribution in [0.4, 0.5) is 4.39 Å². The number of aryl methyl sites for hydroxylation is 1. The Morgan fingerprint density at radius 1 is 1.25 bits per heavy atom. The van der Waals surface area contributed by atoms with Gasteiger partial charge < -0.3 is 4.74 Å². The van der Waals surface area contributed by atoms with Crippen molar-refractivity contribution in [3.8, 4) is 5.75 Å². The van der Waals surface area contributed by atoms with E-state index >= 15 is 0 Å². The molecule has 104 valence electrons. The van der Waals surface area contributed by atoms with Crippen molar-refractivity contribution in [2.24, 2.45) is 0 Å². The van der Waals surface area contributed by atoms with Gasteiger partial charge in [-0.1, -0.05) is 0 Å². The van der Waals surface area contributed by atoms with Gasteiger partial charge in [0.05, 0.1) is 11.1 Å². The number of hydrogen-bond acceptors (Lipinski definition) is 2. The molecule has 0 aliphatic rings. The molecule has 4 heteroatoms. The summed E-state index contributed by atoms with van der Waals surface area (Å²) in [4.78, 5) is 12.4. The van der Waals surface area contributed by atoms with Crippen LogP contribution in [0.25, 0.3) is 0 Å². The average molecular weight is 337 g/mol. The molecule has 0 saturated heterocycles. The van der Waals surface area contributed by atoms with Crippen LogP contribution in [0.3, 0.4) is 0 Å². The van der Waals surface area contributed by atoms with Crippen molar-refractivity contribution in [1.29, 1.82) is 0 Å². The smallest absolute Gasteiger partial charge is 0.193 e. The van der Waals surface area contributed by atoms with Crippen molar-refractivity contribution < 1.29 is 13.9 Å². The molecule has 2 nitrogen and oxygen atoms in total. The van der Waals surface area contributed by atoms with Crippen LogP contribution in [0.2, 0.25) is 0 Å². The summed E-state index contributed by atoms with van der Waals surface area (Å²) in [6.07, 6.45) is 0. The van der Waals surface area contributed by atoms with E-state index in [0.29, 0.717) is 29.0 Å². The Labute approximate surface area is 125 Å². The molecule has 0 aromatic heterocycles. The Morgan fingerprint density at radius 3 is 2.60 bits per heavy atom. The van der Waals surface area contributed by atoms with Crippen LogP contribution in [0.5, 0.6) is 5.75 Å². The van der Waals surface area contributed by atoms with Gasteiger partial charge in [0.2, 0.25) is 0 Å². The normalized spacial score (nSPS) is 10.4. The van der Waals surface area contributed by atoms with Crippen molar-refractivity contribution in [2.75, 3.05) is 6.61 Å². The maximum Gasteiger partial charge on any atom is 0.193 e. The molecule has 2 aromatic rings. The van der Waals surface area contributed by atoms with Crippen LogP contribution in [-0.4, -0.2) is 12.4 Å². The summed E-state index contributed by atoms with van der Waals surface area (Å²) in [7, 11) is 0. The standard InChI is InChI=1S/C16H14BrFO2/c1-3-20-15-7-4-11(9-14(15)17)16(19)13-6-5-12(18)8-10(13)2/h4-9H,3H2,1-2H3. The van der Waals surface area contributed by atoms with Gasteiger partial charge in [-0.3, -0.25) is 4.79 Å². The quantitative estimate of drug-likeness (QED) is 0.767. The maximum absolute atomic E-state index is 13.1. The van der Waals surface area contributed by atoms with Crippen LogP contribution in [0.15, 0.2) is 40.9 Å². The fraction of sp³-hybridized carbons (Fsp3) is 0.188. The number of halogens is 2. The van der Waals surface area contributed by atoms with Crippen LogP contribution in [0, 0.1) is 12.7 Å². The lowest BCUT2D eigenvalue weighted by Gasteiger charge is -2.09. The first kappa shape index (κ1) is 14.7. The van der Waals surface area contributed by atoms with Crippen molar-refractivity contribution in [3.63, 3.8) is 0 Å². The maximum atomic E-state index is 13.1. The van der Waals surface area contributed by atoms with Crippen molar-refractivity contribution in [3.05, 3.63) is 63.4 Å². The Morgan fingerprint density at radius 2 is 2.00 bits per heavy atom. The van der Waals surface area contributed by atoms with Crippen molar-refractivity contribution in [1.82, 2.24) is 0 Å². The number of benzene rings is 2. The van der Waals surface area contributed by atoms with E-state index in [1.165, 1.54) is 18.2 Å². The lowest BCUT2D eigenvalue weighted by molar-refractivity contribution is 0.103. The van der Waals surface area contributed by atoms with Gasteiger partial charge in [-0.05, 0) is 71.7 Å². The molecule has 0 atom stereocenters. The second-order valence-corrected chi connectivity index (χ2v) is 5.22. The Balaban J connectivity index is 2.36. The third-order valence-corrected chi connectivity index (χ3v) is 3.55. The Hall–Kier alpha value is -1.68. The van der Waals surface area contributed by atoms with E-state index < -0.39 is 0 Å². The summed E-state index contributed by atoms with van der Waals surface area (Å²) in [6, 6.07) is 9.34. The topological polar surface area (TPSA) is 26.3 Å². The summed E-state index contributed by atoms with van der Waals surface area (Å²) < 4.78 is 19.2. The second-order valence-electron chi connectivity index (χ2n) is 4.37. The Bertz CT molecular complexity index is 653. The van der Waals surface area contributed by atoms with Gasteiger partial charge in [0.25, 0.3) is 0 Å². The Kier molecular flexibility index (Phi) is 4.55. The average Bonchev–Trinajstić information content (AvgIpc) is 2.40. The summed E-state index contributed by atoms with van der Waals surface area (Å²) in [5, 5.41) is 0. The molecule has 0 aliphatic heterocycles. The van der Waals surface area contributed by atoms with E-state index in [4.69, 9.17) is 4.74 Å². The van der Waals surface area contributed by atoms with Gasteiger partial charge in [0.1, 0.15) is 11.6 Å². The SMILES string of the molecule is CCOc1ccc(C(=O)c2ccc(F)cc2C)cc1Br. The fourth-order valence-electron chi connectivity index (χ4n) is 1.95. The van der Waals surface area contributed by atoms with Crippen LogP contribution >= 0.6 is 15.9 Å². The highest BCUT2D eigenvalue weighted by atomic mass is 79.9. The summed E-state index contributed by atoms with van der Waals surface area (Å²) in [5.41, 5.74) is 1.66. The molecule has 0 saturated carbocycles. The molecule has 0 N–H and O–H groups in total. The van der Waals surface area contributed by atoms with E-state index in [1.807, 2.05) is 6.92 Å². The first-order valence-corrected chi connectivity index (χ1v) is 7.05. The number of hydrogen-bond donors (Lipinski definition) is 0. The molecular formula is C16H14BrFO2. The molecule has 0 aliphatic carbocycles. The molecular weight excluding hydrogens is 323 g/mol. The number of carbonyl (C=O) groups excluding carboxylic acids is 1. The molecule has 0 spiro atoms. The minimum atomic E-state index is -0.341. The fourth-order valence-corrected chi connectivity index (χ4v) is 2.45. The molecule has 0 heterocycles. The second kappa shape index (κ2) is 6.18. The summed E-state index contributed by atoms with van der Waals surface area (Å²) in [6.45, 7) is 4.18. The van der Waals surface area contributed by atoms with E-state index in [2.05, 4.69) is 15.9 Å². The molecule has 20 heavy (non-hydrogen) atoms. The molecule has 0 bridgehead atoms. The predicted molar refractivity (Wildman–Crippen MR) is 79.9 cm³/mol. The third-order valence-electron chi connectivity index (χ3n) is 2.93. The van der Waals surface area contributed by atoms with Gasteiger partial charge >= 0.3 is 0 Å². The van der Waals surface area contributed by atoms with Crippen LogP contribution < -0.4 is 4.74 Å². The lowest BCUT2D eigenvalue weighted by atomic mass is 9.99. The minimum absolute atomic E-state index is 0.133. The summed E-state index contributed by atoms with van der Waals surface area (Å²) in [5.74, 6) is 0.220. The molecule has 0 amide bonds. The number of ether oxygens (including phenoxy) is 1. The number of carbonyl (C=O) groups is 1. The van der Waals surface area contributed by atoms with Crippen molar-refractivity contribution in [2.45, 2.75) is 13.8 Å². The first-order chi connectivity index (χ1) is 9.52. The highest BCUT2D eigenvalue weighted by molar-refractivity contribution is 9.10. The van der Waals surface area contributed by atoms with Crippen LogP contribution in [-0.2, 0) is 0 Å². The molecule has 0 radical (unpaired) electrons. The molecule has 0 unspecified atom stereocenters. The molecule has 2 aromatic carbocycles. The van der Waals surface area contributed by atoms with E-state index in [0.717, 1.165) is 4.47 Å². The molecule has 0 fully saturated rings. The monoisotopic (exact) mass is 336 g/mol. The predicted octanol–water partition coefficient (Wildman–Crippen LogP) is 4.53. The van der Waals surface area contributed by atoms with Gasteiger partial charge in [-0.15, -0.1) is 0 Å². The number of rotatable bonds is 4. The van der Waals surface area contributed by atoms with E-state index in [9.17, 15) is 9.18 Å². The first-order valence-electron chi connectivity index (χ1n) is 6.26. The largest absolute Gasteiger partial charge is 0.493 e. The molecule has 2 rings (SSSR count). The lowest BCUT2D eigenvalue weighted by Crippen LogP contribution is -2.04. The van der Waals surface area contributed by atoms with Crippen LogP contribution in [0.1, 0.15) is 28.4 Å². The van der Waals surface area contributed by atoms with E-state index in [1.54, 1.807) is 25.1 Å².